The smallest absolute Gasteiger partial charge is 0.291 e. The maximum Gasteiger partial charge on any atom is 0.291 e. The lowest BCUT2D eigenvalue weighted by molar-refractivity contribution is -0.388. The van der Waals surface area contributed by atoms with Gasteiger partial charge in [0.25, 0.3) is 5.69 Å². The fraction of sp³-hybridized carbons (Fsp3) is 0.500. The van der Waals surface area contributed by atoms with E-state index in [9.17, 15) is 18.5 Å². The molecular weight excluding hydrogens is 268 g/mol. The molecule has 0 saturated carbocycles. The first-order chi connectivity index (χ1) is 8.77. The number of hydrogen-bond acceptors (Lipinski definition) is 5. The topological polar surface area (TPSA) is 89.3 Å². The summed E-state index contributed by atoms with van der Waals surface area (Å²) < 4.78 is 23.2. The quantitative estimate of drug-likeness (QED) is 0.633. The highest BCUT2D eigenvalue weighted by Crippen LogP contribution is 2.28. The number of nitro benzene ring substituents is 1. The van der Waals surface area contributed by atoms with Crippen molar-refractivity contribution in [2.24, 2.45) is 0 Å². The standard InChI is InChI=1S/C12H18N2O4S/c1-4-13-9(2)8-10-6-5-7-11(19(3,17)18)12(10)14(15)16/h5-7,9,13H,4,8H2,1-3H3. The molecule has 19 heavy (non-hydrogen) atoms. The average Bonchev–Trinajstić information content (AvgIpc) is 2.27. The SMILES string of the molecule is CCNC(C)Cc1cccc(S(C)(=O)=O)c1[N+](=O)[O-]. The van der Waals surface area contributed by atoms with Crippen LogP contribution in [0.5, 0.6) is 0 Å². The Bertz CT molecular complexity index is 569. The molecule has 6 nitrogen and oxygen atoms in total. The van der Waals surface area contributed by atoms with Gasteiger partial charge in [0.05, 0.1) is 4.92 Å². The third-order valence-corrected chi connectivity index (χ3v) is 3.87. The minimum absolute atomic E-state index is 0.0403. The van der Waals surface area contributed by atoms with Crippen LogP contribution in [0.15, 0.2) is 23.1 Å². The van der Waals surface area contributed by atoms with Gasteiger partial charge in [-0.05, 0) is 26.0 Å². The van der Waals surface area contributed by atoms with Crippen molar-refractivity contribution in [1.82, 2.24) is 5.32 Å². The van der Waals surface area contributed by atoms with Crippen molar-refractivity contribution in [3.8, 4) is 0 Å². The second kappa shape index (κ2) is 6.12. The van der Waals surface area contributed by atoms with Crippen LogP contribution in [-0.4, -0.2) is 32.2 Å². The highest BCUT2D eigenvalue weighted by Gasteiger charge is 2.26. The molecule has 1 N–H and O–H groups in total. The summed E-state index contributed by atoms with van der Waals surface area (Å²) >= 11 is 0. The van der Waals surface area contributed by atoms with Gasteiger partial charge in [-0.3, -0.25) is 10.1 Å². The van der Waals surface area contributed by atoms with E-state index in [0.717, 1.165) is 12.8 Å². The predicted molar refractivity (Wildman–Crippen MR) is 73.0 cm³/mol. The Morgan fingerprint density at radius 3 is 2.53 bits per heavy atom. The zero-order chi connectivity index (χ0) is 14.6. The lowest BCUT2D eigenvalue weighted by atomic mass is 10.1. The number of likely N-dealkylation sites (N-methyl/N-ethyl adjacent to an activating group) is 1. The Balaban J connectivity index is 3.29. The highest BCUT2D eigenvalue weighted by molar-refractivity contribution is 7.90. The van der Waals surface area contributed by atoms with E-state index in [1.54, 1.807) is 6.07 Å². The number of sulfone groups is 1. The summed E-state index contributed by atoms with van der Waals surface area (Å²) in [4.78, 5) is 10.3. The average molecular weight is 286 g/mol. The minimum atomic E-state index is -3.61. The molecule has 0 radical (unpaired) electrons. The molecule has 0 aromatic heterocycles. The lowest BCUT2D eigenvalue weighted by Crippen LogP contribution is -2.28. The van der Waals surface area contributed by atoms with Gasteiger partial charge in [-0.25, -0.2) is 8.42 Å². The number of nitro groups is 1. The van der Waals surface area contributed by atoms with Crippen LogP contribution in [0.25, 0.3) is 0 Å². The van der Waals surface area contributed by atoms with Gasteiger partial charge in [-0.2, -0.15) is 0 Å². The summed E-state index contributed by atoms with van der Waals surface area (Å²) in [6, 6.07) is 4.45. The Kier molecular flexibility index (Phi) is 5.02. The minimum Gasteiger partial charge on any atom is -0.314 e. The van der Waals surface area contributed by atoms with Crippen molar-refractivity contribution in [1.29, 1.82) is 0 Å². The lowest BCUT2D eigenvalue weighted by Gasteiger charge is -2.13. The van der Waals surface area contributed by atoms with E-state index >= 15 is 0 Å². The van der Waals surface area contributed by atoms with Crippen LogP contribution in [0.4, 0.5) is 5.69 Å². The molecule has 1 aromatic carbocycles. The molecule has 0 aliphatic carbocycles. The van der Waals surface area contributed by atoms with Crippen LogP contribution in [0.2, 0.25) is 0 Å². The van der Waals surface area contributed by atoms with Gasteiger partial charge in [0.1, 0.15) is 4.90 Å². The van der Waals surface area contributed by atoms with E-state index < -0.39 is 14.8 Å². The molecule has 0 fully saturated rings. The van der Waals surface area contributed by atoms with Gasteiger partial charge in [-0.15, -0.1) is 0 Å². The number of rotatable bonds is 6. The largest absolute Gasteiger partial charge is 0.314 e. The van der Waals surface area contributed by atoms with E-state index in [4.69, 9.17) is 0 Å². The van der Waals surface area contributed by atoms with Crippen molar-refractivity contribution >= 4 is 15.5 Å². The molecule has 0 spiro atoms. The fourth-order valence-corrected chi connectivity index (χ4v) is 2.87. The summed E-state index contributed by atoms with van der Waals surface area (Å²) in [7, 11) is -3.61. The molecule has 1 unspecified atom stereocenters. The van der Waals surface area contributed by atoms with Gasteiger partial charge in [0, 0.05) is 17.9 Å². The summed E-state index contributed by atoms with van der Waals surface area (Å²) in [6.07, 6.45) is 1.39. The van der Waals surface area contributed by atoms with Crippen molar-refractivity contribution in [3.63, 3.8) is 0 Å². The van der Waals surface area contributed by atoms with Crippen LogP contribution in [0, 0.1) is 10.1 Å². The first-order valence-electron chi connectivity index (χ1n) is 5.97. The van der Waals surface area contributed by atoms with Crippen molar-refractivity contribution in [3.05, 3.63) is 33.9 Å². The van der Waals surface area contributed by atoms with Crippen molar-refractivity contribution in [2.45, 2.75) is 31.2 Å². The summed E-state index contributed by atoms with van der Waals surface area (Å²) in [5.74, 6) is 0. The van der Waals surface area contributed by atoms with E-state index in [1.807, 2.05) is 13.8 Å². The van der Waals surface area contributed by atoms with Gasteiger partial charge >= 0.3 is 0 Å². The molecule has 7 heteroatoms. The van der Waals surface area contributed by atoms with Crippen LogP contribution < -0.4 is 5.32 Å². The van der Waals surface area contributed by atoms with E-state index in [0.29, 0.717) is 12.0 Å². The Hall–Kier alpha value is -1.47. The van der Waals surface area contributed by atoms with Gasteiger partial charge in [0.15, 0.2) is 9.84 Å². The molecule has 1 atom stereocenters. The fourth-order valence-electron chi connectivity index (χ4n) is 1.99. The Morgan fingerprint density at radius 2 is 2.05 bits per heavy atom. The summed E-state index contributed by atoms with van der Waals surface area (Å²) in [5, 5.41) is 14.3. The molecular formula is C12H18N2O4S. The maximum atomic E-state index is 11.6. The molecule has 0 bridgehead atoms. The maximum absolute atomic E-state index is 11.6. The van der Waals surface area contributed by atoms with Crippen LogP contribution in [0.1, 0.15) is 19.4 Å². The van der Waals surface area contributed by atoms with Gasteiger partial charge < -0.3 is 5.32 Å². The van der Waals surface area contributed by atoms with Crippen LogP contribution >= 0.6 is 0 Å². The van der Waals surface area contributed by atoms with Crippen molar-refractivity contribution in [2.75, 3.05) is 12.8 Å². The predicted octanol–water partition coefficient (Wildman–Crippen LogP) is 1.54. The molecule has 0 aliphatic heterocycles. The third-order valence-electron chi connectivity index (χ3n) is 2.74. The van der Waals surface area contributed by atoms with Crippen molar-refractivity contribution < 1.29 is 13.3 Å². The number of nitrogens with one attached hydrogen (secondary N) is 1. The number of hydrogen-bond donors (Lipinski definition) is 1. The van der Waals surface area contributed by atoms with Gasteiger partial charge in [-0.1, -0.05) is 19.1 Å². The summed E-state index contributed by atoms with van der Waals surface area (Å²) in [5.41, 5.74) is 0.121. The first-order valence-corrected chi connectivity index (χ1v) is 7.86. The van der Waals surface area contributed by atoms with Crippen LogP contribution in [-0.2, 0) is 16.3 Å². The monoisotopic (exact) mass is 286 g/mol. The molecule has 0 heterocycles. The second-order valence-corrected chi connectivity index (χ2v) is 6.44. The molecule has 0 saturated heterocycles. The first kappa shape index (κ1) is 15.6. The summed E-state index contributed by atoms with van der Waals surface area (Å²) in [6.45, 7) is 4.60. The van der Waals surface area contributed by atoms with E-state index in [2.05, 4.69) is 5.32 Å². The number of nitrogens with zero attached hydrogens (tertiary/aromatic N) is 1. The van der Waals surface area contributed by atoms with Gasteiger partial charge in [0.2, 0.25) is 0 Å². The second-order valence-electron chi connectivity index (χ2n) is 4.46. The molecule has 1 aromatic rings. The highest BCUT2D eigenvalue weighted by atomic mass is 32.2. The molecule has 0 amide bonds. The molecule has 106 valence electrons. The Morgan fingerprint density at radius 1 is 1.42 bits per heavy atom. The zero-order valence-corrected chi connectivity index (χ0v) is 12.0. The number of benzene rings is 1. The molecule has 1 rings (SSSR count). The van der Waals surface area contributed by atoms with Crippen LogP contribution in [0.3, 0.4) is 0 Å². The van der Waals surface area contributed by atoms with E-state index in [-0.39, 0.29) is 16.6 Å². The molecule has 0 aliphatic rings. The third kappa shape index (κ3) is 4.00. The zero-order valence-electron chi connectivity index (χ0n) is 11.2. The number of para-hydroxylation sites is 1. The van der Waals surface area contributed by atoms with E-state index in [1.165, 1.54) is 12.1 Å². The normalized spacial score (nSPS) is 13.2. The Labute approximate surface area is 112 Å².